The molecule has 4 nitrogen and oxygen atoms in total. The number of methoxy groups -OCH3 is 1. The molecule has 2 heterocycles. The maximum Gasteiger partial charge on any atom is 0.0564 e. The van der Waals surface area contributed by atoms with Crippen LogP contribution in [-0.2, 0) is 11.3 Å². The van der Waals surface area contributed by atoms with E-state index < -0.39 is 0 Å². The Labute approximate surface area is 96.4 Å². The molecular weight excluding hydrogens is 202 g/mol. The third kappa shape index (κ3) is 2.93. The maximum atomic E-state index is 5.73. The normalized spacial score (nSPS) is 21.4. The summed E-state index contributed by atoms with van der Waals surface area (Å²) in [6, 6.07) is 3.77. The number of nitrogen functional groups attached to an aromatic ring is 1. The first-order chi connectivity index (χ1) is 7.78. The predicted octanol–water partition coefficient (Wildman–Crippen LogP) is 1.13. The zero-order valence-electron chi connectivity index (χ0n) is 9.72. The van der Waals surface area contributed by atoms with Crippen LogP contribution in [0.4, 0.5) is 5.69 Å². The molecule has 0 aromatic carbocycles. The van der Waals surface area contributed by atoms with E-state index in [-0.39, 0.29) is 0 Å². The van der Waals surface area contributed by atoms with Gasteiger partial charge in [-0.05, 0) is 31.0 Å². The number of anilines is 1. The van der Waals surface area contributed by atoms with Crippen molar-refractivity contribution in [1.29, 1.82) is 0 Å². The van der Waals surface area contributed by atoms with E-state index in [0.717, 1.165) is 37.6 Å². The Morgan fingerprint density at radius 1 is 1.62 bits per heavy atom. The number of ether oxygens (including phenoxy) is 1. The summed E-state index contributed by atoms with van der Waals surface area (Å²) >= 11 is 0. The predicted molar refractivity (Wildman–Crippen MR) is 63.9 cm³/mol. The van der Waals surface area contributed by atoms with Crippen LogP contribution in [0.15, 0.2) is 18.3 Å². The van der Waals surface area contributed by atoms with Gasteiger partial charge in [-0.25, -0.2) is 0 Å². The van der Waals surface area contributed by atoms with E-state index in [9.17, 15) is 0 Å². The van der Waals surface area contributed by atoms with Crippen LogP contribution in [0.1, 0.15) is 12.1 Å². The maximum absolute atomic E-state index is 5.73. The van der Waals surface area contributed by atoms with E-state index in [1.807, 2.05) is 12.1 Å². The third-order valence-corrected chi connectivity index (χ3v) is 3.00. The fraction of sp³-hybridized carbons (Fsp3) is 0.583. The second-order valence-electron chi connectivity index (χ2n) is 4.43. The van der Waals surface area contributed by atoms with Crippen LogP contribution in [0.5, 0.6) is 0 Å². The van der Waals surface area contributed by atoms with Gasteiger partial charge in [-0.15, -0.1) is 0 Å². The quantitative estimate of drug-likeness (QED) is 0.828. The van der Waals surface area contributed by atoms with Crippen LogP contribution in [0.25, 0.3) is 0 Å². The molecule has 1 aliphatic heterocycles. The van der Waals surface area contributed by atoms with Crippen LogP contribution in [0.2, 0.25) is 0 Å². The lowest BCUT2D eigenvalue weighted by molar-refractivity contribution is 0.152. The Hall–Kier alpha value is -1.13. The zero-order chi connectivity index (χ0) is 11.4. The van der Waals surface area contributed by atoms with Gasteiger partial charge in [-0.3, -0.25) is 9.88 Å². The summed E-state index contributed by atoms with van der Waals surface area (Å²) in [5, 5.41) is 0. The molecule has 1 aliphatic rings. The number of nitrogens with zero attached hydrogens (tertiary/aromatic N) is 2. The number of likely N-dealkylation sites (tertiary alicyclic amines) is 1. The third-order valence-electron chi connectivity index (χ3n) is 3.00. The second-order valence-corrected chi connectivity index (χ2v) is 4.43. The average Bonchev–Trinajstić information content (AvgIpc) is 2.66. The highest BCUT2D eigenvalue weighted by Crippen LogP contribution is 2.18. The van der Waals surface area contributed by atoms with E-state index in [0.29, 0.717) is 5.92 Å². The van der Waals surface area contributed by atoms with Gasteiger partial charge in [0.25, 0.3) is 0 Å². The van der Waals surface area contributed by atoms with Crippen molar-refractivity contribution in [3.05, 3.63) is 24.0 Å². The molecule has 88 valence electrons. The van der Waals surface area contributed by atoms with Gasteiger partial charge in [0.05, 0.1) is 12.3 Å². The number of hydrogen-bond donors (Lipinski definition) is 1. The molecule has 1 aromatic heterocycles. The number of aromatic nitrogens is 1. The second kappa shape index (κ2) is 5.27. The standard InChI is InChI=1S/C12H19N3O/c1-16-9-10-3-5-15(7-10)8-12-6-11(13)2-4-14-12/h2,4,6,10H,3,5,7-9H2,1H3,(H2,13,14). The lowest BCUT2D eigenvalue weighted by Crippen LogP contribution is -2.21. The van der Waals surface area contributed by atoms with Crippen LogP contribution < -0.4 is 5.73 Å². The largest absolute Gasteiger partial charge is 0.399 e. The van der Waals surface area contributed by atoms with Crippen LogP contribution >= 0.6 is 0 Å². The average molecular weight is 221 g/mol. The molecule has 0 spiro atoms. The molecular formula is C12H19N3O. The van der Waals surface area contributed by atoms with Gasteiger partial charge >= 0.3 is 0 Å². The number of hydrogen-bond acceptors (Lipinski definition) is 4. The van der Waals surface area contributed by atoms with Gasteiger partial charge in [0.2, 0.25) is 0 Å². The van der Waals surface area contributed by atoms with Gasteiger partial charge in [0, 0.05) is 32.1 Å². The Kier molecular flexibility index (Phi) is 3.74. The Morgan fingerprint density at radius 3 is 3.25 bits per heavy atom. The van der Waals surface area contributed by atoms with E-state index >= 15 is 0 Å². The fourth-order valence-electron chi connectivity index (χ4n) is 2.24. The molecule has 2 N–H and O–H groups in total. The molecule has 0 radical (unpaired) electrons. The van der Waals surface area contributed by atoms with Crippen molar-refractivity contribution in [2.24, 2.45) is 5.92 Å². The molecule has 1 atom stereocenters. The highest BCUT2D eigenvalue weighted by atomic mass is 16.5. The molecule has 0 saturated carbocycles. The summed E-state index contributed by atoms with van der Waals surface area (Å²) < 4.78 is 5.18. The van der Waals surface area contributed by atoms with E-state index in [1.165, 1.54) is 6.42 Å². The zero-order valence-corrected chi connectivity index (χ0v) is 9.72. The summed E-state index contributed by atoms with van der Waals surface area (Å²) in [7, 11) is 1.77. The Bertz CT molecular complexity index is 343. The number of pyridine rings is 1. The SMILES string of the molecule is COCC1CCN(Cc2cc(N)ccn2)C1. The van der Waals surface area contributed by atoms with Crippen molar-refractivity contribution < 1.29 is 4.74 Å². The number of nitrogens with two attached hydrogens (primary N) is 1. The first-order valence-electron chi connectivity index (χ1n) is 5.69. The van der Waals surface area contributed by atoms with Gasteiger partial charge in [-0.1, -0.05) is 0 Å². The highest BCUT2D eigenvalue weighted by molar-refractivity contribution is 5.37. The molecule has 1 fully saturated rings. The summed E-state index contributed by atoms with van der Waals surface area (Å²) in [6.45, 7) is 3.99. The molecule has 1 saturated heterocycles. The summed E-state index contributed by atoms with van der Waals surface area (Å²) in [6.07, 6.45) is 2.99. The monoisotopic (exact) mass is 221 g/mol. The minimum atomic E-state index is 0.672. The van der Waals surface area contributed by atoms with E-state index in [4.69, 9.17) is 10.5 Å². The lowest BCUT2D eigenvalue weighted by Gasteiger charge is -2.15. The summed E-state index contributed by atoms with van der Waals surface area (Å²) in [5.41, 5.74) is 7.57. The van der Waals surface area contributed by atoms with Gasteiger partial charge in [0.15, 0.2) is 0 Å². The van der Waals surface area contributed by atoms with Crippen LogP contribution in [-0.4, -0.2) is 36.7 Å². The van der Waals surface area contributed by atoms with Crippen molar-refractivity contribution in [3.63, 3.8) is 0 Å². The highest BCUT2D eigenvalue weighted by Gasteiger charge is 2.22. The molecule has 0 bridgehead atoms. The first-order valence-corrected chi connectivity index (χ1v) is 5.69. The molecule has 1 aromatic rings. The minimum Gasteiger partial charge on any atom is -0.399 e. The number of rotatable bonds is 4. The Morgan fingerprint density at radius 2 is 2.50 bits per heavy atom. The van der Waals surface area contributed by atoms with E-state index in [1.54, 1.807) is 13.3 Å². The van der Waals surface area contributed by atoms with Crippen molar-refractivity contribution in [1.82, 2.24) is 9.88 Å². The van der Waals surface area contributed by atoms with Crippen molar-refractivity contribution in [2.75, 3.05) is 32.5 Å². The van der Waals surface area contributed by atoms with Gasteiger partial charge in [-0.2, -0.15) is 0 Å². The van der Waals surface area contributed by atoms with Crippen molar-refractivity contribution in [2.45, 2.75) is 13.0 Å². The minimum absolute atomic E-state index is 0.672. The van der Waals surface area contributed by atoms with Gasteiger partial charge < -0.3 is 10.5 Å². The van der Waals surface area contributed by atoms with Gasteiger partial charge in [0.1, 0.15) is 0 Å². The molecule has 0 amide bonds. The topological polar surface area (TPSA) is 51.4 Å². The van der Waals surface area contributed by atoms with Crippen molar-refractivity contribution >= 4 is 5.69 Å². The lowest BCUT2D eigenvalue weighted by atomic mass is 10.1. The van der Waals surface area contributed by atoms with Crippen molar-refractivity contribution in [3.8, 4) is 0 Å². The molecule has 16 heavy (non-hydrogen) atoms. The molecule has 1 unspecified atom stereocenters. The van der Waals surface area contributed by atoms with E-state index in [2.05, 4.69) is 9.88 Å². The van der Waals surface area contributed by atoms with Crippen LogP contribution in [0.3, 0.4) is 0 Å². The first kappa shape index (κ1) is 11.4. The summed E-state index contributed by atoms with van der Waals surface area (Å²) in [5.74, 6) is 0.672. The summed E-state index contributed by atoms with van der Waals surface area (Å²) in [4.78, 5) is 6.73. The molecule has 4 heteroatoms. The fourth-order valence-corrected chi connectivity index (χ4v) is 2.24. The smallest absolute Gasteiger partial charge is 0.0564 e. The van der Waals surface area contributed by atoms with Crippen LogP contribution in [0, 0.1) is 5.92 Å². The molecule has 2 rings (SSSR count). The molecule has 0 aliphatic carbocycles. The Balaban J connectivity index is 1.87.